The Hall–Kier alpha value is -0.140. The number of rotatable bonds is 2. The van der Waals surface area contributed by atoms with Crippen molar-refractivity contribution >= 4 is 0 Å². The van der Waals surface area contributed by atoms with Gasteiger partial charge in [0.1, 0.15) is 0 Å². The Balaban J connectivity index is 3.39. The van der Waals surface area contributed by atoms with E-state index >= 15 is 0 Å². The van der Waals surface area contributed by atoms with Crippen LogP contribution in [0.5, 0.6) is 0 Å². The largest absolute Gasteiger partial charge is 0.248 e. The van der Waals surface area contributed by atoms with Gasteiger partial charge in [-0.05, 0) is 5.92 Å². The lowest BCUT2D eigenvalue weighted by atomic mass is 10.1. The number of hydrogen-bond acceptors (Lipinski definition) is 0. The molecule has 1 radical (unpaired) electrons. The van der Waals surface area contributed by atoms with E-state index in [1.807, 2.05) is 0 Å². The van der Waals surface area contributed by atoms with Crippen LogP contribution in [0.15, 0.2) is 0 Å². The van der Waals surface area contributed by atoms with Crippen molar-refractivity contribution < 1.29 is 8.78 Å². The van der Waals surface area contributed by atoms with Gasteiger partial charge < -0.3 is 0 Å². The molecule has 0 saturated carbocycles. The average molecular weight is 121 g/mol. The fraction of sp³-hybridized carbons (Fsp3) is 0.833. The fourth-order valence-corrected chi connectivity index (χ4v) is 0.597. The van der Waals surface area contributed by atoms with Crippen molar-refractivity contribution in [1.29, 1.82) is 0 Å². The molecule has 0 aliphatic heterocycles. The minimum absolute atomic E-state index is 0.0301. The Kier molecular flexibility index (Phi) is 2.38. The standard InChI is InChI=1S/C6H11F2/c1-5(2)4-6(3,7)8/h5H,3-4H2,1-2H3. The van der Waals surface area contributed by atoms with Crippen LogP contribution in [-0.4, -0.2) is 5.92 Å². The molecule has 0 aromatic heterocycles. The van der Waals surface area contributed by atoms with Crippen LogP contribution >= 0.6 is 0 Å². The molecule has 0 aliphatic carbocycles. The zero-order valence-electron chi connectivity index (χ0n) is 5.25. The Morgan fingerprint density at radius 1 is 1.50 bits per heavy atom. The molecular weight excluding hydrogens is 110 g/mol. The summed E-state index contributed by atoms with van der Waals surface area (Å²) in [4.78, 5) is 0. The predicted octanol–water partition coefficient (Wildman–Crippen LogP) is 2.50. The molecule has 0 aliphatic rings. The molecule has 0 rings (SSSR count). The summed E-state index contributed by atoms with van der Waals surface area (Å²) >= 11 is 0. The maximum absolute atomic E-state index is 11.9. The van der Waals surface area contributed by atoms with E-state index in [2.05, 4.69) is 6.92 Å². The van der Waals surface area contributed by atoms with E-state index in [0.29, 0.717) is 0 Å². The molecule has 0 saturated heterocycles. The second-order valence-electron chi connectivity index (χ2n) is 2.45. The van der Waals surface area contributed by atoms with Gasteiger partial charge >= 0.3 is 0 Å². The van der Waals surface area contributed by atoms with E-state index < -0.39 is 5.92 Å². The summed E-state index contributed by atoms with van der Waals surface area (Å²) in [5.74, 6) is -2.70. The third kappa shape index (κ3) is 5.86. The van der Waals surface area contributed by atoms with Crippen LogP contribution in [0, 0.1) is 12.8 Å². The van der Waals surface area contributed by atoms with Crippen molar-refractivity contribution in [2.45, 2.75) is 26.2 Å². The molecule has 0 amide bonds. The summed E-state index contributed by atoms with van der Waals surface area (Å²) in [5, 5.41) is 0. The zero-order chi connectivity index (χ0) is 6.78. The van der Waals surface area contributed by atoms with Crippen molar-refractivity contribution in [2.24, 2.45) is 5.92 Å². The summed E-state index contributed by atoms with van der Waals surface area (Å²) in [6.45, 7) is 6.18. The fourth-order valence-electron chi connectivity index (χ4n) is 0.597. The quantitative estimate of drug-likeness (QED) is 0.526. The summed E-state index contributed by atoms with van der Waals surface area (Å²) in [6.07, 6.45) is -0.118. The molecule has 0 spiro atoms. The number of hydrogen-bond donors (Lipinski definition) is 0. The molecule has 8 heavy (non-hydrogen) atoms. The van der Waals surface area contributed by atoms with Crippen LogP contribution in [0.1, 0.15) is 20.3 Å². The SMILES string of the molecule is [CH2]C(F)(F)CC(C)C. The van der Waals surface area contributed by atoms with E-state index in [0.717, 1.165) is 0 Å². The molecule has 0 bridgehead atoms. The molecule has 0 atom stereocenters. The van der Waals surface area contributed by atoms with Gasteiger partial charge in [-0.15, -0.1) is 0 Å². The van der Waals surface area contributed by atoms with E-state index in [1.54, 1.807) is 13.8 Å². The Morgan fingerprint density at radius 2 is 1.88 bits per heavy atom. The summed E-state index contributed by atoms with van der Waals surface area (Å²) in [5.41, 5.74) is 0. The minimum atomic E-state index is -2.73. The molecule has 0 unspecified atom stereocenters. The van der Waals surface area contributed by atoms with Gasteiger partial charge in [0, 0.05) is 13.3 Å². The zero-order valence-corrected chi connectivity index (χ0v) is 5.25. The average Bonchev–Trinajstić information content (AvgIpc) is 1.21. The molecule has 0 nitrogen and oxygen atoms in total. The summed E-state index contributed by atoms with van der Waals surface area (Å²) < 4.78 is 23.7. The molecule has 0 N–H and O–H groups in total. The van der Waals surface area contributed by atoms with Crippen LogP contribution in [0.3, 0.4) is 0 Å². The Bertz CT molecular complexity index is 61.4. The van der Waals surface area contributed by atoms with Gasteiger partial charge in [-0.2, -0.15) is 0 Å². The lowest BCUT2D eigenvalue weighted by Crippen LogP contribution is -2.12. The molecule has 0 aromatic carbocycles. The highest BCUT2D eigenvalue weighted by atomic mass is 19.3. The first kappa shape index (κ1) is 7.86. The lowest BCUT2D eigenvalue weighted by molar-refractivity contribution is 0.0294. The van der Waals surface area contributed by atoms with E-state index in [-0.39, 0.29) is 12.3 Å². The van der Waals surface area contributed by atoms with Crippen molar-refractivity contribution in [3.63, 3.8) is 0 Å². The lowest BCUT2D eigenvalue weighted by Gasteiger charge is -2.11. The first-order chi connectivity index (χ1) is 3.42. The molecule has 0 fully saturated rings. The Labute approximate surface area is 48.9 Å². The first-order valence-electron chi connectivity index (χ1n) is 2.65. The number of halogens is 2. The smallest absolute Gasteiger partial charge is 0.207 e. The van der Waals surface area contributed by atoms with Gasteiger partial charge in [0.15, 0.2) is 0 Å². The molecule has 2 heteroatoms. The molecule has 49 valence electrons. The van der Waals surface area contributed by atoms with E-state index in [1.165, 1.54) is 0 Å². The van der Waals surface area contributed by atoms with E-state index in [4.69, 9.17) is 0 Å². The third-order valence-electron chi connectivity index (χ3n) is 0.707. The van der Waals surface area contributed by atoms with Gasteiger partial charge in [-0.1, -0.05) is 13.8 Å². The van der Waals surface area contributed by atoms with Gasteiger partial charge in [0.2, 0.25) is 5.92 Å². The van der Waals surface area contributed by atoms with Crippen molar-refractivity contribution in [3.05, 3.63) is 6.92 Å². The molecule has 0 heterocycles. The van der Waals surface area contributed by atoms with Gasteiger partial charge in [-0.3, -0.25) is 0 Å². The summed E-state index contributed by atoms with van der Waals surface area (Å²) in [6, 6.07) is 0. The van der Waals surface area contributed by atoms with Crippen LogP contribution in [0.25, 0.3) is 0 Å². The van der Waals surface area contributed by atoms with E-state index in [9.17, 15) is 8.78 Å². The highest BCUT2D eigenvalue weighted by Crippen LogP contribution is 2.20. The van der Waals surface area contributed by atoms with Crippen LogP contribution in [0.4, 0.5) is 8.78 Å². The van der Waals surface area contributed by atoms with Crippen molar-refractivity contribution in [2.75, 3.05) is 0 Å². The Morgan fingerprint density at radius 3 is 1.88 bits per heavy atom. The van der Waals surface area contributed by atoms with Crippen LogP contribution in [0.2, 0.25) is 0 Å². The van der Waals surface area contributed by atoms with Crippen molar-refractivity contribution in [1.82, 2.24) is 0 Å². The minimum Gasteiger partial charge on any atom is -0.207 e. The monoisotopic (exact) mass is 121 g/mol. The molecule has 0 aromatic rings. The highest BCUT2D eigenvalue weighted by molar-refractivity contribution is 4.69. The second kappa shape index (κ2) is 2.42. The maximum Gasteiger partial charge on any atom is 0.248 e. The number of alkyl halides is 2. The third-order valence-corrected chi connectivity index (χ3v) is 0.707. The van der Waals surface area contributed by atoms with Gasteiger partial charge in [0.05, 0.1) is 0 Å². The summed E-state index contributed by atoms with van der Waals surface area (Å²) in [7, 11) is 0. The maximum atomic E-state index is 11.9. The van der Waals surface area contributed by atoms with Gasteiger partial charge in [0.25, 0.3) is 0 Å². The highest BCUT2D eigenvalue weighted by Gasteiger charge is 2.21. The topological polar surface area (TPSA) is 0 Å². The molecular formula is C6H11F2. The van der Waals surface area contributed by atoms with Crippen LogP contribution in [-0.2, 0) is 0 Å². The van der Waals surface area contributed by atoms with Crippen molar-refractivity contribution in [3.8, 4) is 0 Å². The van der Waals surface area contributed by atoms with Gasteiger partial charge in [-0.25, -0.2) is 8.78 Å². The second-order valence-corrected chi connectivity index (χ2v) is 2.45. The normalized spacial score (nSPS) is 12.8. The first-order valence-corrected chi connectivity index (χ1v) is 2.65. The predicted molar refractivity (Wildman–Crippen MR) is 29.8 cm³/mol. The van der Waals surface area contributed by atoms with Crippen LogP contribution < -0.4 is 0 Å².